The molecule has 1 spiro atoms. The molecular formula is C23H26FN3O3S. The molecule has 1 saturated heterocycles. The Kier molecular flexibility index (Phi) is 5.60. The third-order valence-corrected chi connectivity index (χ3v) is 6.35. The minimum Gasteiger partial charge on any atom is -0.444 e. The van der Waals surface area contributed by atoms with Gasteiger partial charge in [0, 0.05) is 32.5 Å². The van der Waals surface area contributed by atoms with Crippen molar-refractivity contribution in [1.29, 1.82) is 0 Å². The molecule has 31 heavy (non-hydrogen) atoms. The summed E-state index contributed by atoms with van der Waals surface area (Å²) in [5.41, 5.74) is -0.160. The lowest BCUT2D eigenvalue weighted by Crippen LogP contribution is -2.54. The summed E-state index contributed by atoms with van der Waals surface area (Å²) in [6.07, 6.45) is 0.649. The van der Waals surface area contributed by atoms with Crippen LogP contribution in [0.15, 0.2) is 46.8 Å². The van der Waals surface area contributed by atoms with Crippen molar-refractivity contribution in [1.82, 2.24) is 9.80 Å². The Morgan fingerprint density at radius 1 is 1.23 bits per heavy atom. The predicted molar refractivity (Wildman–Crippen MR) is 118 cm³/mol. The summed E-state index contributed by atoms with van der Waals surface area (Å²) < 4.78 is 19.3. The van der Waals surface area contributed by atoms with Crippen molar-refractivity contribution in [3.8, 4) is 0 Å². The Morgan fingerprint density at radius 2 is 1.97 bits per heavy atom. The highest BCUT2D eigenvalue weighted by Gasteiger charge is 2.49. The molecule has 0 atom stereocenters. The zero-order valence-corrected chi connectivity index (χ0v) is 18.7. The maximum absolute atomic E-state index is 13.8. The number of piperidine rings is 1. The van der Waals surface area contributed by atoms with Gasteiger partial charge in [0.05, 0.1) is 4.88 Å². The first-order valence-corrected chi connectivity index (χ1v) is 11.2. The lowest BCUT2D eigenvalue weighted by Gasteiger charge is -2.43. The summed E-state index contributed by atoms with van der Waals surface area (Å²) in [4.78, 5) is 35.0. The van der Waals surface area contributed by atoms with Gasteiger partial charge in [0.1, 0.15) is 22.8 Å². The number of likely N-dealkylation sites (tertiary alicyclic amines) is 1. The van der Waals surface area contributed by atoms with Gasteiger partial charge in [-0.3, -0.25) is 4.79 Å². The van der Waals surface area contributed by atoms with Gasteiger partial charge in [0.2, 0.25) is 0 Å². The molecule has 0 bridgehead atoms. The summed E-state index contributed by atoms with van der Waals surface area (Å²) in [6, 6.07) is 10.1. The molecule has 2 aromatic rings. The number of amides is 2. The zero-order chi connectivity index (χ0) is 22.2. The van der Waals surface area contributed by atoms with Gasteiger partial charge in [-0.05, 0) is 49.9 Å². The zero-order valence-electron chi connectivity index (χ0n) is 17.9. The van der Waals surface area contributed by atoms with Crippen LogP contribution < -0.4 is 0 Å². The van der Waals surface area contributed by atoms with Crippen LogP contribution in [0.25, 0.3) is 0 Å². The summed E-state index contributed by atoms with van der Waals surface area (Å²) in [6.45, 7) is 6.65. The molecule has 164 valence electrons. The number of hydrogen-bond donors (Lipinski definition) is 0. The van der Waals surface area contributed by atoms with Crippen LogP contribution in [0.5, 0.6) is 0 Å². The first-order valence-electron chi connectivity index (χ1n) is 10.3. The maximum Gasteiger partial charge on any atom is 0.410 e. The fourth-order valence-electron chi connectivity index (χ4n) is 4.00. The van der Waals surface area contributed by atoms with Crippen LogP contribution in [-0.2, 0) is 16.1 Å². The fraction of sp³-hybridized carbons (Fsp3) is 0.435. The van der Waals surface area contributed by atoms with Crippen molar-refractivity contribution in [2.45, 2.75) is 51.4 Å². The lowest BCUT2D eigenvalue weighted by atomic mass is 9.95. The minimum absolute atomic E-state index is 0.155. The van der Waals surface area contributed by atoms with E-state index in [9.17, 15) is 14.0 Å². The first-order chi connectivity index (χ1) is 14.7. The van der Waals surface area contributed by atoms with Crippen LogP contribution in [-0.4, -0.2) is 51.9 Å². The molecule has 3 heterocycles. The van der Waals surface area contributed by atoms with E-state index < -0.39 is 11.3 Å². The van der Waals surface area contributed by atoms with Crippen molar-refractivity contribution in [2.24, 2.45) is 4.99 Å². The van der Waals surface area contributed by atoms with Gasteiger partial charge in [-0.1, -0.05) is 18.2 Å². The number of aliphatic imine (C=N–C) groups is 1. The average molecular weight is 444 g/mol. The molecule has 0 aliphatic carbocycles. The van der Waals surface area contributed by atoms with Crippen LogP contribution in [0, 0.1) is 5.82 Å². The molecule has 6 nitrogen and oxygen atoms in total. The molecule has 0 N–H and O–H groups in total. The van der Waals surface area contributed by atoms with E-state index in [4.69, 9.17) is 9.73 Å². The Balaban J connectivity index is 1.59. The van der Waals surface area contributed by atoms with Crippen molar-refractivity contribution < 1.29 is 18.7 Å². The molecule has 0 radical (unpaired) electrons. The summed E-state index contributed by atoms with van der Waals surface area (Å²) >= 11 is 1.47. The number of benzene rings is 1. The normalized spacial score (nSPS) is 18.5. The number of hydrogen-bond acceptors (Lipinski definition) is 5. The monoisotopic (exact) mass is 443 g/mol. The third kappa shape index (κ3) is 4.49. The van der Waals surface area contributed by atoms with Crippen LogP contribution in [0.4, 0.5) is 9.18 Å². The third-order valence-electron chi connectivity index (χ3n) is 5.47. The van der Waals surface area contributed by atoms with E-state index in [1.807, 2.05) is 44.4 Å². The smallest absolute Gasteiger partial charge is 0.410 e. The standard InChI is InChI=1S/C23H26FN3O3S/c1-22(2,3)30-21(29)26-11-9-23(10-12-26)25-19(18-8-5-13-31-18)20(28)27(23)15-16-6-4-7-17(24)14-16/h4-8,13-14H,9-12,15H2,1-3H3. The van der Waals surface area contributed by atoms with Gasteiger partial charge in [-0.15, -0.1) is 11.3 Å². The number of halogens is 1. The Morgan fingerprint density at radius 3 is 2.58 bits per heavy atom. The van der Waals surface area contributed by atoms with Crippen LogP contribution in [0.2, 0.25) is 0 Å². The molecule has 1 fully saturated rings. The molecule has 2 aliphatic heterocycles. The van der Waals surface area contributed by atoms with Crippen LogP contribution in [0.1, 0.15) is 44.1 Å². The first kappa shape index (κ1) is 21.5. The van der Waals surface area contributed by atoms with Gasteiger partial charge >= 0.3 is 6.09 Å². The second kappa shape index (κ2) is 8.07. The Labute approximate surface area is 185 Å². The fourth-order valence-corrected chi connectivity index (χ4v) is 4.70. The van der Waals surface area contributed by atoms with Gasteiger partial charge in [0.15, 0.2) is 0 Å². The SMILES string of the molecule is CC(C)(C)OC(=O)N1CCC2(CC1)N=C(c1cccs1)C(=O)N2Cc1cccc(F)c1. The molecular weight excluding hydrogens is 417 g/mol. The largest absolute Gasteiger partial charge is 0.444 e. The molecule has 2 amide bonds. The average Bonchev–Trinajstić information content (AvgIpc) is 3.31. The quantitative estimate of drug-likeness (QED) is 0.704. The van der Waals surface area contributed by atoms with Gasteiger partial charge < -0.3 is 14.5 Å². The topological polar surface area (TPSA) is 62.2 Å². The number of carbonyl (C=O) groups excluding carboxylic acids is 2. The summed E-state index contributed by atoms with van der Waals surface area (Å²) in [5.74, 6) is -0.491. The van der Waals surface area contributed by atoms with E-state index in [-0.39, 0.29) is 24.4 Å². The maximum atomic E-state index is 13.8. The molecule has 8 heteroatoms. The number of rotatable bonds is 3. The molecule has 1 aromatic heterocycles. The van der Waals surface area contributed by atoms with Crippen LogP contribution >= 0.6 is 11.3 Å². The van der Waals surface area contributed by atoms with E-state index in [0.717, 1.165) is 4.88 Å². The van der Waals surface area contributed by atoms with E-state index in [0.29, 0.717) is 37.2 Å². The van der Waals surface area contributed by atoms with E-state index in [2.05, 4.69) is 0 Å². The highest BCUT2D eigenvalue weighted by atomic mass is 32.1. The summed E-state index contributed by atoms with van der Waals surface area (Å²) in [5, 5.41) is 1.91. The van der Waals surface area contributed by atoms with E-state index >= 15 is 0 Å². The Bertz CT molecular complexity index is 1010. The molecule has 0 unspecified atom stereocenters. The second-order valence-electron chi connectivity index (χ2n) is 8.91. The van der Waals surface area contributed by atoms with E-state index in [1.165, 1.54) is 23.5 Å². The van der Waals surface area contributed by atoms with Gasteiger partial charge in [-0.25, -0.2) is 14.2 Å². The van der Waals surface area contributed by atoms with Crippen molar-refractivity contribution in [3.63, 3.8) is 0 Å². The van der Waals surface area contributed by atoms with Gasteiger partial charge in [-0.2, -0.15) is 0 Å². The molecule has 4 rings (SSSR count). The highest BCUT2D eigenvalue weighted by molar-refractivity contribution is 7.13. The summed E-state index contributed by atoms with van der Waals surface area (Å²) in [7, 11) is 0. The number of nitrogens with zero attached hydrogens (tertiary/aromatic N) is 3. The number of thiophene rings is 1. The van der Waals surface area contributed by atoms with Crippen molar-refractivity contribution in [2.75, 3.05) is 13.1 Å². The lowest BCUT2D eigenvalue weighted by molar-refractivity contribution is -0.130. The number of carbonyl (C=O) groups is 2. The van der Waals surface area contributed by atoms with Crippen LogP contribution in [0.3, 0.4) is 0 Å². The van der Waals surface area contributed by atoms with Gasteiger partial charge in [0.25, 0.3) is 5.91 Å². The van der Waals surface area contributed by atoms with Crippen molar-refractivity contribution >= 4 is 29.0 Å². The van der Waals surface area contributed by atoms with Crippen molar-refractivity contribution in [3.05, 3.63) is 58.0 Å². The molecule has 1 aromatic carbocycles. The highest BCUT2D eigenvalue weighted by Crippen LogP contribution is 2.38. The minimum atomic E-state index is -0.749. The van der Waals surface area contributed by atoms with E-state index in [1.54, 1.807) is 15.9 Å². The molecule has 2 aliphatic rings. The number of ether oxygens (including phenoxy) is 1. The second-order valence-corrected chi connectivity index (χ2v) is 9.86. The Hall–Kier alpha value is -2.74. The predicted octanol–water partition coefficient (Wildman–Crippen LogP) is 4.45. The molecule has 0 saturated carbocycles.